The normalized spacial score (nSPS) is 12.9. The van der Waals surface area contributed by atoms with E-state index in [1.807, 2.05) is 0 Å². The highest BCUT2D eigenvalue weighted by atomic mass is 35.5. The molecule has 0 fully saturated rings. The number of hydrogen-bond donors (Lipinski definition) is 0. The van der Waals surface area contributed by atoms with Crippen LogP contribution in [0.15, 0.2) is 59.1 Å². The summed E-state index contributed by atoms with van der Waals surface area (Å²) < 4.78 is 60.7. The summed E-state index contributed by atoms with van der Waals surface area (Å²) in [6.07, 6.45) is -4.70. The third kappa shape index (κ3) is 4.15. The molecule has 0 bridgehead atoms. The van der Waals surface area contributed by atoms with Gasteiger partial charge in [0, 0.05) is 17.7 Å². The maximum atomic E-state index is 12.7. The second kappa shape index (κ2) is 8.41. The standard InChI is InChI=1S/C23H13ClF3N5O4/c24-15-8-16-17(9-19(15)35-14-5-6-18-20(7-14)34-11-33-18)32(31-29-16)10-12-1-3-13(4-2-12)21-28-22(36-30-21)23(25,26)27/h1-9H,10-11H2. The van der Waals surface area contributed by atoms with Crippen LogP contribution in [0.3, 0.4) is 0 Å². The second-order valence-electron chi connectivity index (χ2n) is 7.75. The van der Waals surface area contributed by atoms with E-state index in [0.717, 1.165) is 5.56 Å². The highest BCUT2D eigenvalue weighted by Gasteiger charge is 2.38. The van der Waals surface area contributed by atoms with Crippen LogP contribution in [-0.2, 0) is 12.7 Å². The van der Waals surface area contributed by atoms with Crippen molar-refractivity contribution in [2.24, 2.45) is 0 Å². The van der Waals surface area contributed by atoms with Gasteiger partial charge in [0.05, 0.1) is 17.1 Å². The number of rotatable bonds is 5. The molecule has 13 heteroatoms. The molecule has 0 saturated heterocycles. The van der Waals surface area contributed by atoms with Crippen molar-refractivity contribution in [2.75, 3.05) is 6.79 Å². The number of alkyl halides is 3. The van der Waals surface area contributed by atoms with Gasteiger partial charge in [0.25, 0.3) is 0 Å². The largest absolute Gasteiger partial charge is 0.471 e. The molecule has 0 N–H and O–H groups in total. The molecule has 0 radical (unpaired) electrons. The summed E-state index contributed by atoms with van der Waals surface area (Å²) in [6.45, 7) is 0.489. The molecule has 36 heavy (non-hydrogen) atoms. The monoisotopic (exact) mass is 515 g/mol. The summed E-state index contributed by atoms with van der Waals surface area (Å²) in [6, 6.07) is 15.2. The van der Waals surface area contributed by atoms with Crippen molar-refractivity contribution >= 4 is 22.6 Å². The van der Waals surface area contributed by atoms with E-state index in [9.17, 15) is 13.2 Å². The van der Waals surface area contributed by atoms with E-state index in [1.165, 1.54) is 0 Å². The highest BCUT2D eigenvalue weighted by molar-refractivity contribution is 6.32. The van der Waals surface area contributed by atoms with Gasteiger partial charge in [0.15, 0.2) is 11.5 Å². The molecule has 1 aliphatic heterocycles. The Balaban J connectivity index is 1.24. The van der Waals surface area contributed by atoms with Gasteiger partial charge in [-0.15, -0.1) is 5.10 Å². The number of halogens is 4. The Morgan fingerprint density at radius 1 is 1.00 bits per heavy atom. The molecule has 2 aromatic heterocycles. The fraction of sp³-hybridized carbons (Fsp3) is 0.130. The van der Waals surface area contributed by atoms with Gasteiger partial charge < -0.3 is 18.7 Å². The summed E-state index contributed by atoms with van der Waals surface area (Å²) in [5.41, 5.74) is 2.44. The highest BCUT2D eigenvalue weighted by Crippen LogP contribution is 2.39. The average Bonchev–Trinajstić information content (AvgIpc) is 3.60. The van der Waals surface area contributed by atoms with E-state index in [0.29, 0.717) is 51.2 Å². The molecule has 0 spiro atoms. The van der Waals surface area contributed by atoms with Crippen LogP contribution in [0.1, 0.15) is 11.5 Å². The van der Waals surface area contributed by atoms with Crippen molar-refractivity contribution in [2.45, 2.75) is 12.7 Å². The molecular weight excluding hydrogens is 503 g/mol. The first kappa shape index (κ1) is 22.2. The fourth-order valence-electron chi connectivity index (χ4n) is 3.62. The lowest BCUT2D eigenvalue weighted by Gasteiger charge is -2.09. The second-order valence-corrected chi connectivity index (χ2v) is 8.16. The number of nitrogens with zero attached hydrogens (tertiary/aromatic N) is 5. The topological polar surface area (TPSA) is 97.3 Å². The lowest BCUT2D eigenvalue weighted by atomic mass is 10.1. The maximum absolute atomic E-state index is 12.7. The van der Waals surface area contributed by atoms with E-state index < -0.39 is 12.1 Å². The Morgan fingerprint density at radius 2 is 1.81 bits per heavy atom. The van der Waals surface area contributed by atoms with Crippen molar-refractivity contribution in [1.29, 1.82) is 0 Å². The molecule has 0 amide bonds. The number of fused-ring (bicyclic) bond motifs is 2. The Kier molecular flexibility index (Phi) is 5.18. The van der Waals surface area contributed by atoms with Gasteiger partial charge in [0.2, 0.25) is 12.6 Å². The fourth-order valence-corrected chi connectivity index (χ4v) is 3.82. The Hall–Kier alpha value is -4.32. The minimum absolute atomic E-state index is 0.153. The van der Waals surface area contributed by atoms with Crippen LogP contribution in [0, 0.1) is 0 Å². The molecule has 0 saturated carbocycles. The molecule has 9 nitrogen and oxygen atoms in total. The lowest BCUT2D eigenvalue weighted by Crippen LogP contribution is -2.04. The van der Waals surface area contributed by atoms with Crippen LogP contribution in [0.5, 0.6) is 23.0 Å². The van der Waals surface area contributed by atoms with Crippen molar-refractivity contribution in [3.05, 3.63) is 71.1 Å². The molecule has 0 aliphatic carbocycles. The van der Waals surface area contributed by atoms with Crippen LogP contribution >= 0.6 is 11.6 Å². The van der Waals surface area contributed by atoms with E-state index in [2.05, 4.69) is 25.0 Å². The number of hydrogen-bond acceptors (Lipinski definition) is 8. The lowest BCUT2D eigenvalue weighted by molar-refractivity contribution is -0.159. The summed E-state index contributed by atoms with van der Waals surface area (Å²) in [4.78, 5) is 3.40. The van der Waals surface area contributed by atoms with Crippen molar-refractivity contribution < 1.29 is 31.9 Å². The smallest absolute Gasteiger partial charge is 0.456 e. The van der Waals surface area contributed by atoms with Gasteiger partial charge in [-0.25, -0.2) is 4.68 Å². The molecular formula is C23H13ClF3N5O4. The van der Waals surface area contributed by atoms with Crippen LogP contribution in [0.25, 0.3) is 22.4 Å². The molecule has 0 atom stereocenters. The Labute approximate surface area is 204 Å². The van der Waals surface area contributed by atoms with Gasteiger partial charge in [0.1, 0.15) is 17.0 Å². The predicted molar refractivity (Wildman–Crippen MR) is 119 cm³/mol. The van der Waals surface area contributed by atoms with Crippen molar-refractivity contribution in [3.63, 3.8) is 0 Å². The van der Waals surface area contributed by atoms with Crippen molar-refractivity contribution in [1.82, 2.24) is 25.1 Å². The Morgan fingerprint density at radius 3 is 2.58 bits per heavy atom. The van der Waals surface area contributed by atoms with E-state index in [-0.39, 0.29) is 12.6 Å². The first-order valence-electron chi connectivity index (χ1n) is 10.4. The summed E-state index contributed by atoms with van der Waals surface area (Å²) in [5.74, 6) is 0.588. The van der Waals surface area contributed by atoms with E-state index >= 15 is 0 Å². The number of benzene rings is 3. The first-order valence-corrected chi connectivity index (χ1v) is 10.8. The van der Waals surface area contributed by atoms with Crippen LogP contribution in [0.4, 0.5) is 13.2 Å². The summed E-state index contributed by atoms with van der Waals surface area (Å²) in [5, 5.41) is 12.1. The zero-order valence-electron chi connectivity index (χ0n) is 18.0. The minimum Gasteiger partial charge on any atom is -0.456 e. The average molecular weight is 516 g/mol. The summed E-state index contributed by atoms with van der Waals surface area (Å²) in [7, 11) is 0. The van der Waals surface area contributed by atoms with Crippen LogP contribution in [0.2, 0.25) is 5.02 Å². The third-order valence-corrected chi connectivity index (χ3v) is 5.65. The zero-order chi connectivity index (χ0) is 24.9. The van der Waals surface area contributed by atoms with Crippen molar-refractivity contribution in [3.8, 4) is 34.4 Å². The molecule has 1 aliphatic rings. The molecule has 6 rings (SSSR count). The molecule has 0 unspecified atom stereocenters. The quantitative estimate of drug-likeness (QED) is 0.293. The van der Waals surface area contributed by atoms with E-state index in [1.54, 1.807) is 59.3 Å². The minimum atomic E-state index is -4.70. The third-order valence-electron chi connectivity index (χ3n) is 5.35. The van der Waals surface area contributed by atoms with Gasteiger partial charge in [-0.1, -0.05) is 46.2 Å². The molecule has 5 aromatic rings. The van der Waals surface area contributed by atoms with Gasteiger partial charge in [-0.2, -0.15) is 18.2 Å². The van der Waals surface area contributed by atoms with Crippen LogP contribution in [-0.4, -0.2) is 31.9 Å². The maximum Gasteiger partial charge on any atom is 0.471 e. The van der Waals surface area contributed by atoms with Gasteiger partial charge in [-0.05, 0) is 23.8 Å². The Bertz CT molecular complexity index is 1580. The predicted octanol–water partition coefficient (Wildman–Crippen LogP) is 5.72. The molecule has 182 valence electrons. The van der Waals surface area contributed by atoms with Gasteiger partial charge >= 0.3 is 12.1 Å². The first-order chi connectivity index (χ1) is 17.3. The molecule has 3 heterocycles. The number of ether oxygens (including phenoxy) is 3. The summed E-state index contributed by atoms with van der Waals surface area (Å²) >= 11 is 6.40. The SMILES string of the molecule is FC(F)(F)c1nc(-c2ccc(Cn3nnc4cc(Cl)c(Oc5ccc6c(c5)OCO6)cc43)cc2)no1. The van der Waals surface area contributed by atoms with Crippen LogP contribution < -0.4 is 14.2 Å². The van der Waals surface area contributed by atoms with E-state index in [4.69, 9.17) is 25.8 Å². The zero-order valence-corrected chi connectivity index (χ0v) is 18.7. The molecule has 3 aromatic carbocycles. The number of aromatic nitrogens is 5. The van der Waals surface area contributed by atoms with Gasteiger partial charge in [-0.3, -0.25) is 0 Å².